The van der Waals surface area contributed by atoms with E-state index in [1.807, 2.05) is 20.2 Å². The number of hydrogen-bond donors (Lipinski definition) is 1. The van der Waals surface area contributed by atoms with Gasteiger partial charge in [-0.2, -0.15) is 0 Å². The fourth-order valence-electron chi connectivity index (χ4n) is 1.84. The molecule has 2 heterocycles. The Morgan fingerprint density at radius 3 is 2.74 bits per heavy atom. The number of amides is 1. The van der Waals surface area contributed by atoms with Crippen LogP contribution in [-0.4, -0.2) is 42.6 Å². The standard InChI is InChI=1S/C14H21N3OS/c1-10(2)17-8-11-7-12(19-13(11)9-17)14(18)15-5-6-16(3)4/h7-10H,5-6H2,1-4H3,(H,15,18). The molecular weight excluding hydrogens is 258 g/mol. The lowest BCUT2D eigenvalue weighted by Gasteiger charge is -2.09. The summed E-state index contributed by atoms with van der Waals surface area (Å²) >= 11 is 1.56. The number of nitrogens with one attached hydrogen (secondary N) is 1. The zero-order valence-electron chi connectivity index (χ0n) is 11.9. The Labute approximate surface area is 118 Å². The summed E-state index contributed by atoms with van der Waals surface area (Å²) in [6, 6.07) is 2.43. The van der Waals surface area contributed by atoms with Crippen LogP contribution in [0.15, 0.2) is 18.5 Å². The van der Waals surface area contributed by atoms with E-state index < -0.39 is 0 Å². The van der Waals surface area contributed by atoms with Crippen molar-refractivity contribution in [2.45, 2.75) is 19.9 Å². The molecule has 0 aromatic carbocycles. The number of fused-ring (bicyclic) bond motifs is 1. The SMILES string of the molecule is CC(C)n1cc2cc(C(=O)NCCN(C)C)sc2c1. The molecule has 0 atom stereocenters. The predicted molar refractivity (Wildman–Crippen MR) is 81.1 cm³/mol. The molecule has 0 radical (unpaired) electrons. The van der Waals surface area contributed by atoms with Crippen LogP contribution in [0, 0.1) is 0 Å². The highest BCUT2D eigenvalue weighted by atomic mass is 32.1. The van der Waals surface area contributed by atoms with Crippen LogP contribution in [0.2, 0.25) is 0 Å². The van der Waals surface area contributed by atoms with E-state index in [1.54, 1.807) is 11.3 Å². The molecule has 19 heavy (non-hydrogen) atoms. The second-order valence-electron chi connectivity index (χ2n) is 5.29. The van der Waals surface area contributed by atoms with E-state index in [2.05, 4.69) is 41.0 Å². The first-order valence-corrected chi connectivity index (χ1v) is 7.33. The number of likely N-dealkylation sites (N-methyl/N-ethyl adjacent to an activating group) is 1. The third-order valence-corrected chi connectivity index (χ3v) is 4.09. The van der Waals surface area contributed by atoms with Gasteiger partial charge in [-0.25, -0.2) is 0 Å². The lowest BCUT2D eigenvalue weighted by molar-refractivity contribution is 0.0955. The van der Waals surface area contributed by atoms with Gasteiger partial charge in [-0.1, -0.05) is 0 Å². The molecule has 5 heteroatoms. The van der Waals surface area contributed by atoms with E-state index in [9.17, 15) is 4.79 Å². The second-order valence-corrected chi connectivity index (χ2v) is 6.37. The molecule has 2 aromatic rings. The van der Waals surface area contributed by atoms with Gasteiger partial charge in [0, 0.05) is 36.9 Å². The van der Waals surface area contributed by atoms with Gasteiger partial charge in [0.05, 0.1) is 9.58 Å². The van der Waals surface area contributed by atoms with Gasteiger partial charge < -0.3 is 14.8 Å². The van der Waals surface area contributed by atoms with E-state index in [0.717, 1.165) is 16.8 Å². The summed E-state index contributed by atoms with van der Waals surface area (Å²) in [5, 5.41) is 4.09. The van der Waals surface area contributed by atoms with Crippen LogP contribution in [0.5, 0.6) is 0 Å². The Hall–Kier alpha value is -1.33. The Morgan fingerprint density at radius 2 is 2.16 bits per heavy atom. The Morgan fingerprint density at radius 1 is 1.42 bits per heavy atom. The highest BCUT2D eigenvalue weighted by Gasteiger charge is 2.12. The van der Waals surface area contributed by atoms with Gasteiger partial charge >= 0.3 is 0 Å². The third-order valence-electron chi connectivity index (χ3n) is 3.01. The minimum atomic E-state index is 0.0270. The fraction of sp³-hybridized carbons (Fsp3) is 0.500. The molecule has 1 N–H and O–H groups in total. The molecule has 0 spiro atoms. The number of rotatable bonds is 5. The monoisotopic (exact) mass is 279 g/mol. The number of aromatic nitrogens is 1. The van der Waals surface area contributed by atoms with Crippen molar-refractivity contribution in [3.8, 4) is 0 Å². The largest absolute Gasteiger partial charge is 0.350 e. The van der Waals surface area contributed by atoms with Crippen LogP contribution in [0.1, 0.15) is 29.6 Å². The van der Waals surface area contributed by atoms with Gasteiger partial charge in [0.15, 0.2) is 0 Å². The van der Waals surface area contributed by atoms with E-state index >= 15 is 0 Å². The van der Waals surface area contributed by atoms with E-state index in [-0.39, 0.29) is 5.91 Å². The van der Waals surface area contributed by atoms with Crippen molar-refractivity contribution < 1.29 is 4.79 Å². The molecular formula is C14H21N3OS. The van der Waals surface area contributed by atoms with Crippen molar-refractivity contribution in [1.82, 2.24) is 14.8 Å². The first kappa shape index (κ1) is 14.1. The van der Waals surface area contributed by atoms with E-state index in [4.69, 9.17) is 0 Å². The Kier molecular flexibility index (Phi) is 4.27. The Bertz CT molecular complexity index is 537. The maximum absolute atomic E-state index is 12.0. The van der Waals surface area contributed by atoms with Crippen molar-refractivity contribution in [3.05, 3.63) is 23.3 Å². The topological polar surface area (TPSA) is 37.3 Å². The minimum Gasteiger partial charge on any atom is -0.350 e. The highest BCUT2D eigenvalue weighted by molar-refractivity contribution is 7.20. The summed E-state index contributed by atoms with van der Waals surface area (Å²) in [6.07, 6.45) is 4.22. The maximum Gasteiger partial charge on any atom is 0.261 e. The average Bonchev–Trinajstić information content (AvgIpc) is 2.85. The summed E-state index contributed by atoms with van der Waals surface area (Å²) in [6.45, 7) is 5.84. The van der Waals surface area contributed by atoms with Gasteiger partial charge in [0.2, 0.25) is 0 Å². The number of hydrogen-bond acceptors (Lipinski definition) is 3. The zero-order chi connectivity index (χ0) is 14.0. The van der Waals surface area contributed by atoms with Crippen LogP contribution < -0.4 is 5.32 Å². The predicted octanol–water partition coefficient (Wildman–Crippen LogP) is 2.58. The summed E-state index contributed by atoms with van der Waals surface area (Å²) in [5.74, 6) is 0.0270. The number of carbonyl (C=O) groups excluding carboxylic acids is 1. The summed E-state index contributed by atoms with van der Waals surface area (Å²) in [5.41, 5.74) is 0. The quantitative estimate of drug-likeness (QED) is 0.913. The van der Waals surface area contributed by atoms with E-state index in [1.165, 1.54) is 4.70 Å². The molecule has 2 aromatic heterocycles. The van der Waals surface area contributed by atoms with E-state index in [0.29, 0.717) is 12.6 Å². The average molecular weight is 279 g/mol. The summed E-state index contributed by atoms with van der Waals surface area (Å²) in [7, 11) is 3.99. The molecule has 2 rings (SSSR count). The number of thiophene rings is 1. The molecule has 0 saturated carbocycles. The molecule has 0 aliphatic rings. The normalized spacial score (nSPS) is 11.7. The van der Waals surface area contributed by atoms with Gasteiger partial charge in [-0.15, -0.1) is 11.3 Å². The molecule has 0 bridgehead atoms. The van der Waals surface area contributed by atoms with Crippen molar-refractivity contribution in [2.75, 3.05) is 27.2 Å². The van der Waals surface area contributed by atoms with Gasteiger partial charge in [-0.05, 0) is 34.0 Å². The number of carbonyl (C=O) groups is 1. The fourth-order valence-corrected chi connectivity index (χ4v) is 2.84. The van der Waals surface area contributed by atoms with Crippen LogP contribution in [0.4, 0.5) is 0 Å². The molecule has 0 fully saturated rings. The van der Waals surface area contributed by atoms with Gasteiger partial charge in [0.1, 0.15) is 0 Å². The van der Waals surface area contributed by atoms with Crippen LogP contribution in [-0.2, 0) is 0 Å². The molecule has 0 aliphatic carbocycles. The summed E-state index contributed by atoms with van der Waals surface area (Å²) < 4.78 is 3.35. The molecule has 4 nitrogen and oxygen atoms in total. The zero-order valence-corrected chi connectivity index (χ0v) is 12.8. The smallest absolute Gasteiger partial charge is 0.261 e. The van der Waals surface area contributed by atoms with Crippen LogP contribution in [0.3, 0.4) is 0 Å². The minimum absolute atomic E-state index is 0.0270. The Balaban J connectivity index is 2.04. The number of nitrogens with zero attached hydrogens (tertiary/aromatic N) is 2. The molecule has 0 saturated heterocycles. The molecule has 0 aliphatic heterocycles. The van der Waals surface area contributed by atoms with Crippen molar-refractivity contribution >= 4 is 27.3 Å². The van der Waals surface area contributed by atoms with Crippen LogP contribution in [0.25, 0.3) is 10.1 Å². The van der Waals surface area contributed by atoms with Gasteiger partial charge in [-0.3, -0.25) is 4.79 Å². The van der Waals surface area contributed by atoms with Crippen molar-refractivity contribution in [3.63, 3.8) is 0 Å². The second kappa shape index (κ2) is 5.75. The first-order chi connectivity index (χ1) is 8.97. The molecule has 104 valence electrons. The first-order valence-electron chi connectivity index (χ1n) is 6.51. The highest BCUT2D eigenvalue weighted by Crippen LogP contribution is 2.27. The van der Waals surface area contributed by atoms with Crippen molar-refractivity contribution in [2.24, 2.45) is 0 Å². The van der Waals surface area contributed by atoms with Gasteiger partial charge in [0.25, 0.3) is 5.91 Å². The molecule has 1 amide bonds. The lowest BCUT2D eigenvalue weighted by Crippen LogP contribution is -2.30. The molecule has 0 unspecified atom stereocenters. The third kappa shape index (κ3) is 3.36. The van der Waals surface area contributed by atoms with Crippen molar-refractivity contribution in [1.29, 1.82) is 0 Å². The maximum atomic E-state index is 12.0. The summed E-state index contributed by atoms with van der Waals surface area (Å²) in [4.78, 5) is 14.8. The van der Waals surface area contributed by atoms with Crippen LogP contribution >= 0.6 is 11.3 Å². The lowest BCUT2D eigenvalue weighted by atomic mass is 10.3.